The number of rotatable bonds is 12. The summed E-state index contributed by atoms with van der Waals surface area (Å²) in [5.74, 6) is 0.138. The molecule has 0 unspecified atom stereocenters. The van der Waals surface area contributed by atoms with Crippen LogP contribution in [0.3, 0.4) is 0 Å². The highest BCUT2D eigenvalue weighted by Gasteiger charge is 2.40. The van der Waals surface area contributed by atoms with Crippen LogP contribution in [0.1, 0.15) is 72.6 Å². The van der Waals surface area contributed by atoms with Gasteiger partial charge < -0.3 is 19.4 Å². The molecule has 1 aliphatic heterocycles. The van der Waals surface area contributed by atoms with Gasteiger partial charge in [-0.25, -0.2) is 0 Å². The smallest absolute Gasteiger partial charge is 0.192 e. The Bertz CT molecular complexity index is 512. The van der Waals surface area contributed by atoms with Gasteiger partial charge in [-0.05, 0) is 56.2 Å². The van der Waals surface area contributed by atoms with Crippen molar-refractivity contribution in [2.24, 2.45) is 5.92 Å². The molecule has 6 heteroatoms. The average Bonchev–Trinajstić information content (AvgIpc) is 2.59. The summed E-state index contributed by atoms with van der Waals surface area (Å²) in [7, 11) is -1.99. The van der Waals surface area contributed by atoms with Crippen LogP contribution in [-0.4, -0.2) is 55.3 Å². The molecule has 170 valence electrons. The topological polar surface area (TPSA) is 76.0 Å². The number of aliphatic hydroxyl groups excluding tert-OH is 2. The van der Waals surface area contributed by atoms with Gasteiger partial charge in [-0.15, -0.1) is 6.58 Å². The van der Waals surface area contributed by atoms with E-state index in [1.165, 1.54) is 0 Å². The van der Waals surface area contributed by atoms with Crippen molar-refractivity contribution in [2.75, 3.05) is 6.61 Å². The zero-order valence-corrected chi connectivity index (χ0v) is 20.4. The maximum absolute atomic E-state index is 12.5. The van der Waals surface area contributed by atoms with Crippen LogP contribution in [0.4, 0.5) is 0 Å². The van der Waals surface area contributed by atoms with Crippen LogP contribution in [0.25, 0.3) is 0 Å². The Morgan fingerprint density at radius 1 is 1.31 bits per heavy atom. The van der Waals surface area contributed by atoms with E-state index in [1.54, 1.807) is 0 Å². The molecule has 0 saturated carbocycles. The minimum Gasteiger partial charge on any atom is -0.413 e. The molecule has 1 fully saturated rings. The van der Waals surface area contributed by atoms with E-state index in [0.29, 0.717) is 19.3 Å². The fourth-order valence-corrected chi connectivity index (χ4v) is 4.94. The van der Waals surface area contributed by atoms with E-state index in [-0.39, 0.29) is 48.1 Å². The predicted molar refractivity (Wildman–Crippen MR) is 121 cm³/mol. The highest BCUT2D eigenvalue weighted by atomic mass is 28.4. The van der Waals surface area contributed by atoms with Gasteiger partial charge in [0.25, 0.3) is 0 Å². The summed E-state index contributed by atoms with van der Waals surface area (Å²) in [4.78, 5) is 12.5. The largest absolute Gasteiger partial charge is 0.413 e. The normalized spacial score (nSPS) is 24.0. The van der Waals surface area contributed by atoms with Gasteiger partial charge in [0.2, 0.25) is 0 Å². The monoisotopic (exact) mass is 428 g/mol. The molecule has 0 aromatic heterocycles. The SMILES string of the molecule is C=C[C@H](C)[C@@H](C[C@@H](O)CC(=O)C[C@@H]1CCC[C@H](CCO)O1)O[Si](C)(C)C(C)(C)C. The molecule has 5 nitrogen and oxygen atoms in total. The van der Waals surface area contributed by atoms with Gasteiger partial charge in [-0.3, -0.25) is 4.79 Å². The van der Waals surface area contributed by atoms with Crippen LogP contribution in [0.5, 0.6) is 0 Å². The second-order valence-corrected chi connectivity index (χ2v) is 14.9. The van der Waals surface area contributed by atoms with Crippen molar-refractivity contribution in [2.45, 2.75) is 115 Å². The Kier molecular flexibility index (Phi) is 10.7. The zero-order valence-electron chi connectivity index (χ0n) is 19.4. The van der Waals surface area contributed by atoms with Crippen LogP contribution in [0.2, 0.25) is 18.1 Å². The Labute approximate surface area is 179 Å². The van der Waals surface area contributed by atoms with Crippen molar-refractivity contribution in [1.82, 2.24) is 0 Å². The number of hydrogen-bond acceptors (Lipinski definition) is 5. The molecule has 0 aromatic rings. The van der Waals surface area contributed by atoms with Crippen LogP contribution in [0, 0.1) is 5.92 Å². The quantitative estimate of drug-likeness (QED) is 0.350. The number of ketones is 1. The Hall–Kier alpha value is -0.533. The first kappa shape index (κ1) is 26.5. The minimum absolute atomic E-state index is 0.0319. The van der Waals surface area contributed by atoms with E-state index in [0.717, 1.165) is 19.3 Å². The summed E-state index contributed by atoms with van der Waals surface area (Å²) in [6.07, 6.45) is 5.31. The average molecular weight is 429 g/mol. The summed E-state index contributed by atoms with van der Waals surface area (Å²) in [6, 6.07) is 0. The molecule has 2 N–H and O–H groups in total. The molecular weight excluding hydrogens is 384 g/mol. The van der Waals surface area contributed by atoms with Crippen LogP contribution in [-0.2, 0) is 14.0 Å². The number of hydrogen-bond donors (Lipinski definition) is 2. The van der Waals surface area contributed by atoms with Crippen molar-refractivity contribution in [3.8, 4) is 0 Å². The third-order valence-electron chi connectivity index (χ3n) is 6.52. The first-order chi connectivity index (χ1) is 13.4. The zero-order chi connectivity index (χ0) is 22.2. The molecule has 0 aromatic carbocycles. The van der Waals surface area contributed by atoms with E-state index in [2.05, 4.69) is 47.4 Å². The van der Waals surface area contributed by atoms with Crippen LogP contribution < -0.4 is 0 Å². The van der Waals surface area contributed by atoms with Crippen LogP contribution in [0.15, 0.2) is 12.7 Å². The van der Waals surface area contributed by atoms with E-state index in [4.69, 9.17) is 14.3 Å². The molecule has 0 aliphatic carbocycles. The highest BCUT2D eigenvalue weighted by molar-refractivity contribution is 6.74. The fourth-order valence-electron chi connectivity index (χ4n) is 3.52. The third kappa shape index (κ3) is 9.01. The van der Waals surface area contributed by atoms with Crippen molar-refractivity contribution in [3.63, 3.8) is 0 Å². The predicted octanol–water partition coefficient (Wildman–Crippen LogP) is 4.62. The maximum atomic E-state index is 12.5. The van der Waals surface area contributed by atoms with Gasteiger partial charge in [-0.2, -0.15) is 0 Å². The molecule has 5 atom stereocenters. The standard InChI is InChI=1S/C23H44O5Si/c1-8-17(2)22(28-29(6,7)23(3,4)5)16-19(26)14-18(25)15-21-11-9-10-20(27-21)12-13-24/h8,17,19-22,24,26H,1,9-16H2,2-7H3/t17-,19-,20+,21-,22+/m0/s1. The Morgan fingerprint density at radius 3 is 2.48 bits per heavy atom. The molecule has 29 heavy (non-hydrogen) atoms. The van der Waals surface area contributed by atoms with E-state index < -0.39 is 14.4 Å². The molecule has 0 bridgehead atoms. The lowest BCUT2D eigenvalue weighted by Gasteiger charge is -2.41. The summed E-state index contributed by atoms with van der Waals surface area (Å²) in [6.45, 7) is 17.1. The first-order valence-electron chi connectivity index (χ1n) is 11.2. The van der Waals surface area contributed by atoms with Crippen molar-refractivity contribution in [1.29, 1.82) is 0 Å². The lowest BCUT2D eigenvalue weighted by Crippen LogP contribution is -2.46. The summed E-state index contributed by atoms with van der Waals surface area (Å²) in [5, 5.41) is 19.8. The summed E-state index contributed by atoms with van der Waals surface area (Å²) < 4.78 is 12.5. The number of Topliss-reactive ketones (excluding diaryl/α,β-unsaturated/α-hetero) is 1. The second-order valence-electron chi connectivity index (χ2n) is 10.2. The van der Waals surface area contributed by atoms with Crippen molar-refractivity contribution in [3.05, 3.63) is 12.7 Å². The van der Waals surface area contributed by atoms with E-state index in [9.17, 15) is 9.90 Å². The first-order valence-corrected chi connectivity index (χ1v) is 14.1. The third-order valence-corrected chi connectivity index (χ3v) is 11.0. The molecular formula is C23H44O5Si. The summed E-state index contributed by atoms with van der Waals surface area (Å²) >= 11 is 0. The maximum Gasteiger partial charge on any atom is 0.192 e. The van der Waals surface area contributed by atoms with Crippen molar-refractivity contribution >= 4 is 14.1 Å². The van der Waals surface area contributed by atoms with E-state index >= 15 is 0 Å². The van der Waals surface area contributed by atoms with E-state index in [1.807, 2.05) is 6.08 Å². The van der Waals surface area contributed by atoms with Crippen molar-refractivity contribution < 1.29 is 24.2 Å². The Morgan fingerprint density at radius 2 is 1.93 bits per heavy atom. The molecule has 0 spiro atoms. The number of carbonyl (C=O) groups excluding carboxylic acids is 1. The minimum atomic E-state index is -1.99. The van der Waals surface area contributed by atoms with Crippen LogP contribution >= 0.6 is 0 Å². The lowest BCUT2D eigenvalue weighted by molar-refractivity contribution is -0.127. The molecule has 1 aliphatic rings. The van der Waals surface area contributed by atoms with Gasteiger partial charge in [0.05, 0.1) is 24.4 Å². The number of aliphatic hydroxyl groups is 2. The summed E-state index contributed by atoms with van der Waals surface area (Å²) in [5.41, 5.74) is 0. The van der Waals surface area contributed by atoms with Gasteiger partial charge in [0.1, 0.15) is 5.78 Å². The van der Waals surface area contributed by atoms with Gasteiger partial charge in [-0.1, -0.05) is 33.8 Å². The molecule has 1 rings (SSSR count). The number of carbonyl (C=O) groups is 1. The van der Waals surface area contributed by atoms with Gasteiger partial charge in [0.15, 0.2) is 8.32 Å². The Balaban J connectivity index is 2.60. The van der Waals surface area contributed by atoms with Gasteiger partial charge in [0, 0.05) is 19.4 Å². The molecule has 0 amide bonds. The highest BCUT2D eigenvalue weighted by Crippen LogP contribution is 2.39. The lowest BCUT2D eigenvalue weighted by atomic mass is 9.94. The molecule has 1 saturated heterocycles. The fraction of sp³-hybridized carbons (Fsp3) is 0.870. The second kappa shape index (κ2) is 11.7. The van der Waals surface area contributed by atoms with Gasteiger partial charge >= 0.3 is 0 Å². The molecule has 1 heterocycles. The molecule has 0 radical (unpaired) electrons. The number of ether oxygens (including phenoxy) is 1.